The molecule has 1 aromatic carbocycles. The highest BCUT2D eigenvalue weighted by Gasteiger charge is 2.21. The van der Waals surface area contributed by atoms with Crippen LogP contribution in [0.15, 0.2) is 18.2 Å². The number of amides is 1. The average molecular weight is 249 g/mol. The SMILES string of the molecule is COc1ccc(OC)c(CC(=O)NCC2CC2)c1. The molecule has 1 aliphatic carbocycles. The Hall–Kier alpha value is -1.71. The fourth-order valence-electron chi connectivity index (χ4n) is 1.84. The third kappa shape index (κ3) is 3.39. The molecule has 1 aromatic rings. The summed E-state index contributed by atoms with van der Waals surface area (Å²) in [4.78, 5) is 11.8. The van der Waals surface area contributed by atoms with Crippen molar-refractivity contribution in [2.45, 2.75) is 19.3 Å². The van der Waals surface area contributed by atoms with E-state index in [9.17, 15) is 4.79 Å². The molecule has 1 saturated carbocycles. The number of benzene rings is 1. The molecule has 98 valence electrons. The molecular weight excluding hydrogens is 230 g/mol. The topological polar surface area (TPSA) is 47.6 Å². The first-order valence-corrected chi connectivity index (χ1v) is 6.20. The van der Waals surface area contributed by atoms with Gasteiger partial charge in [0.25, 0.3) is 0 Å². The van der Waals surface area contributed by atoms with Crippen molar-refractivity contribution < 1.29 is 14.3 Å². The van der Waals surface area contributed by atoms with Crippen molar-refractivity contribution in [3.63, 3.8) is 0 Å². The van der Waals surface area contributed by atoms with Crippen LogP contribution in [-0.4, -0.2) is 26.7 Å². The van der Waals surface area contributed by atoms with Crippen LogP contribution in [0.4, 0.5) is 0 Å². The van der Waals surface area contributed by atoms with Crippen LogP contribution in [0, 0.1) is 5.92 Å². The summed E-state index contributed by atoms with van der Waals surface area (Å²) in [5, 5.41) is 2.95. The lowest BCUT2D eigenvalue weighted by Crippen LogP contribution is -2.27. The summed E-state index contributed by atoms with van der Waals surface area (Å²) in [7, 11) is 3.21. The smallest absolute Gasteiger partial charge is 0.224 e. The molecule has 0 bridgehead atoms. The molecule has 0 aliphatic heterocycles. The predicted octanol–water partition coefficient (Wildman–Crippen LogP) is 1.77. The maximum absolute atomic E-state index is 11.8. The largest absolute Gasteiger partial charge is 0.497 e. The molecule has 4 nitrogen and oxygen atoms in total. The van der Waals surface area contributed by atoms with Crippen LogP contribution in [0.1, 0.15) is 18.4 Å². The second-order valence-corrected chi connectivity index (χ2v) is 4.60. The molecule has 1 fully saturated rings. The number of rotatable bonds is 6. The molecule has 0 saturated heterocycles. The van der Waals surface area contributed by atoms with Gasteiger partial charge in [0.05, 0.1) is 20.6 Å². The van der Waals surface area contributed by atoms with E-state index in [4.69, 9.17) is 9.47 Å². The van der Waals surface area contributed by atoms with Crippen LogP contribution in [0.2, 0.25) is 0 Å². The van der Waals surface area contributed by atoms with E-state index < -0.39 is 0 Å². The highest BCUT2D eigenvalue weighted by Crippen LogP contribution is 2.28. The zero-order valence-electron chi connectivity index (χ0n) is 10.9. The summed E-state index contributed by atoms with van der Waals surface area (Å²) in [6.07, 6.45) is 2.80. The standard InChI is InChI=1S/C14H19NO3/c1-17-12-5-6-13(18-2)11(7-12)8-14(16)15-9-10-3-4-10/h5-7,10H,3-4,8-9H2,1-2H3,(H,15,16). The Balaban J connectivity index is 1.98. The van der Waals surface area contributed by atoms with Crippen molar-refractivity contribution in [3.8, 4) is 11.5 Å². The van der Waals surface area contributed by atoms with Crippen LogP contribution in [0.25, 0.3) is 0 Å². The van der Waals surface area contributed by atoms with Crippen LogP contribution >= 0.6 is 0 Å². The highest BCUT2D eigenvalue weighted by molar-refractivity contribution is 5.79. The lowest BCUT2D eigenvalue weighted by molar-refractivity contribution is -0.120. The Morgan fingerprint density at radius 1 is 1.33 bits per heavy atom. The number of nitrogens with one attached hydrogen (secondary N) is 1. The summed E-state index contributed by atoms with van der Waals surface area (Å²) < 4.78 is 10.4. The Labute approximate surface area is 107 Å². The van der Waals surface area contributed by atoms with Gasteiger partial charge in [0.1, 0.15) is 11.5 Å². The van der Waals surface area contributed by atoms with Gasteiger partial charge in [-0.05, 0) is 37.0 Å². The van der Waals surface area contributed by atoms with Gasteiger partial charge in [-0.25, -0.2) is 0 Å². The third-order valence-corrected chi connectivity index (χ3v) is 3.12. The fourth-order valence-corrected chi connectivity index (χ4v) is 1.84. The van der Waals surface area contributed by atoms with E-state index in [1.807, 2.05) is 18.2 Å². The van der Waals surface area contributed by atoms with Gasteiger partial charge in [0.2, 0.25) is 5.91 Å². The van der Waals surface area contributed by atoms with Crippen molar-refractivity contribution in [1.82, 2.24) is 5.32 Å². The van der Waals surface area contributed by atoms with E-state index in [2.05, 4.69) is 5.32 Å². The van der Waals surface area contributed by atoms with E-state index in [0.29, 0.717) is 12.3 Å². The maximum atomic E-state index is 11.8. The van der Waals surface area contributed by atoms with Gasteiger partial charge < -0.3 is 14.8 Å². The van der Waals surface area contributed by atoms with Gasteiger partial charge in [-0.15, -0.1) is 0 Å². The maximum Gasteiger partial charge on any atom is 0.224 e. The van der Waals surface area contributed by atoms with Gasteiger partial charge >= 0.3 is 0 Å². The van der Waals surface area contributed by atoms with Gasteiger partial charge in [-0.2, -0.15) is 0 Å². The molecule has 1 aliphatic rings. The number of carbonyl (C=O) groups is 1. The Morgan fingerprint density at radius 2 is 2.11 bits per heavy atom. The minimum Gasteiger partial charge on any atom is -0.497 e. The summed E-state index contributed by atoms with van der Waals surface area (Å²) in [5.41, 5.74) is 0.852. The zero-order valence-corrected chi connectivity index (χ0v) is 10.9. The van der Waals surface area contributed by atoms with E-state index in [1.165, 1.54) is 12.8 Å². The second kappa shape index (κ2) is 5.76. The van der Waals surface area contributed by atoms with Crippen molar-refractivity contribution in [2.75, 3.05) is 20.8 Å². The van der Waals surface area contributed by atoms with Crippen LogP contribution in [-0.2, 0) is 11.2 Å². The molecule has 18 heavy (non-hydrogen) atoms. The monoisotopic (exact) mass is 249 g/mol. The van der Waals surface area contributed by atoms with E-state index >= 15 is 0 Å². The Morgan fingerprint density at radius 3 is 2.72 bits per heavy atom. The molecule has 1 amide bonds. The molecule has 4 heteroatoms. The highest BCUT2D eigenvalue weighted by atomic mass is 16.5. The van der Waals surface area contributed by atoms with E-state index in [-0.39, 0.29) is 5.91 Å². The second-order valence-electron chi connectivity index (χ2n) is 4.60. The number of methoxy groups -OCH3 is 2. The Bertz CT molecular complexity index is 427. The number of carbonyl (C=O) groups excluding carboxylic acids is 1. The summed E-state index contributed by atoms with van der Waals surface area (Å²) >= 11 is 0. The zero-order chi connectivity index (χ0) is 13.0. The van der Waals surface area contributed by atoms with Crippen LogP contribution < -0.4 is 14.8 Å². The van der Waals surface area contributed by atoms with Gasteiger partial charge in [0.15, 0.2) is 0 Å². The molecule has 0 spiro atoms. The molecule has 0 radical (unpaired) electrons. The normalized spacial score (nSPS) is 14.1. The fraction of sp³-hybridized carbons (Fsp3) is 0.500. The quantitative estimate of drug-likeness (QED) is 0.836. The number of ether oxygens (including phenoxy) is 2. The molecular formula is C14H19NO3. The van der Waals surface area contributed by atoms with Crippen molar-refractivity contribution in [3.05, 3.63) is 23.8 Å². The van der Waals surface area contributed by atoms with Crippen molar-refractivity contribution in [1.29, 1.82) is 0 Å². The summed E-state index contributed by atoms with van der Waals surface area (Å²) in [6, 6.07) is 5.49. The van der Waals surface area contributed by atoms with Gasteiger partial charge in [0, 0.05) is 12.1 Å². The number of hydrogen-bond donors (Lipinski definition) is 1. The van der Waals surface area contributed by atoms with E-state index in [1.54, 1.807) is 14.2 Å². The van der Waals surface area contributed by atoms with Crippen LogP contribution in [0.3, 0.4) is 0 Å². The molecule has 0 aromatic heterocycles. The first-order valence-electron chi connectivity index (χ1n) is 6.20. The summed E-state index contributed by atoms with van der Waals surface area (Å²) in [5.74, 6) is 2.19. The van der Waals surface area contributed by atoms with Gasteiger partial charge in [-0.3, -0.25) is 4.79 Å². The predicted molar refractivity (Wildman–Crippen MR) is 69.0 cm³/mol. The molecule has 0 atom stereocenters. The minimum absolute atomic E-state index is 0.0356. The first kappa shape index (κ1) is 12.7. The molecule has 2 rings (SSSR count). The lowest BCUT2D eigenvalue weighted by Gasteiger charge is -2.10. The minimum atomic E-state index is 0.0356. The Kier molecular flexibility index (Phi) is 4.07. The summed E-state index contributed by atoms with van der Waals surface area (Å²) in [6.45, 7) is 0.797. The average Bonchev–Trinajstić information content (AvgIpc) is 3.20. The number of hydrogen-bond acceptors (Lipinski definition) is 3. The first-order chi connectivity index (χ1) is 8.72. The van der Waals surface area contributed by atoms with Gasteiger partial charge in [-0.1, -0.05) is 0 Å². The third-order valence-electron chi connectivity index (χ3n) is 3.12. The lowest BCUT2D eigenvalue weighted by atomic mass is 10.1. The van der Waals surface area contributed by atoms with Crippen molar-refractivity contribution >= 4 is 5.91 Å². The van der Waals surface area contributed by atoms with Crippen molar-refractivity contribution in [2.24, 2.45) is 5.92 Å². The molecule has 0 unspecified atom stereocenters. The van der Waals surface area contributed by atoms with E-state index in [0.717, 1.165) is 23.6 Å². The van der Waals surface area contributed by atoms with Crippen LogP contribution in [0.5, 0.6) is 11.5 Å². The molecule has 1 N–H and O–H groups in total. The molecule has 0 heterocycles.